The molecule has 0 saturated carbocycles. The number of nitrogens with zero attached hydrogens (tertiary/aromatic N) is 5. The van der Waals surface area contributed by atoms with Gasteiger partial charge >= 0.3 is 0 Å². The van der Waals surface area contributed by atoms with Gasteiger partial charge in [0, 0.05) is 54.9 Å². The van der Waals surface area contributed by atoms with Crippen LogP contribution in [0.15, 0.2) is 54.7 Å². The normalized spacial score (nSPS) is 14.4. The summed E-state index contributed by atoms with van der Waals surface area (Å²) in [4.78, 5) is 21.6. The van der Waals surface area contributed by atoms with Crippen LogP contribution in [0.1, 0.15) is 11.3 Å². The molecule has 0 radical (unpaired) electrons. The van der Waals surface area contributed by atoms with Crippen molar-refractivity contribution in [3.8, 4) is 16.9 Å². The number of rotatable bonds is 6. The van der Waals surface area contributed by atoms with Crippen LogP contribution in [0.2, 0.25) is 5.02 Å². The van der Waals surface area contributed by atoms with Crippen LogP contribution in [0.4, 0.5) is 4.39 Å². The molecule has 5 rings (SSSR count). The summed E-state index contributed by atoms with van der Waals surface area (Å²) >= 11 is 6.18. The molecular formula is C27H27ClFN5O2. The Kier molecular flexibility index (Phi) is 6.89. The first kappa shape index (κ1) is 24.2. The van der Waals surface area contributed by atoms with Crippen LogP contribution in [0.3, 0.4) is 0 Å². The fraction of sp³-hybridized carbons (Fsp3) is 0.296. The van der Waals surface area contributed by atoms with E-state index in [9.17, 15) is 9.18 Å². The van der Waals surface area contributed by atoms with Gasteiger partial charge in [-0.3, -0.25) is 9.69 Å². The average Bonchev–Trinajstić information content (AvgIpc) is 3.22. The standard InChI is InChI=1S/C27H27ClFN5O2/c1-18-26-21(19-6-8-20(36-2)9-7-19)10-11-30-27(26)34(31-18)17-25(35)33-14-12-32(13-15-33)16-22-23(28)4-3-5-24(22)29/h3-11H,12-17H2,1-2H3. The highest BCUT2D eigenvalue weighted by molar-refractivity contribution is 6.31. The number of aryl methyl sites for hydroxylation is 1. The topological polar surface area (TPSA) is 63.5 Å². The lowest BCUT2D eigenvalue weighted by Crippen LogP contribution is -2.49. The Labute approximate surface area is 214 Å². The number of halogens is 2. The third kappa shape index (κ3) is 4.79. The fourth-order valence-electron chi connectivity index (χ4n) is 4.69. The first-order chi connectivity index (χ1) is 17.4. The Morgan fingerprint density at radius 1 is 1.08 bits per heavy atom. The van der Waals surface area contributed by atoms with Crippen molar-refractivity contribution in [2.24, 2.45) is 0 Å². The molecule has 0 atom stereocenters. The van der Waals surface area contributed by atoms with Gasteiger partial charge in [0.1, 0.15) is 18.1 Å². The molecule has 0 spiro atoms. The van der Waals surface area contributed by atoms with E-state index in [1.54, 1.807) is 30.1 Å². The lowest BCUT2D eigenvalue weighted by molar-refractivity contribution is -0.133. The number of carbonyl (C=O) groups is 1. The smallest absolute Gasteiger partial charge is 0.244 e. The van der Waals surface area contributed by atoms with Crippen LogP contribution >= 0.6 is 11.6 Å². The number of aromatic nitrogens is 3. The maximum atomic E-state index is 14.2. The Bertz CT molecular complexity index is 1380. The van der Waals surface area contributed by atoms with Gasteiger partial charge in [0.15, 0.2) is 5.65 Å². The zero-order valence-electron chi connectivity index (χ0n) is 20.2. The maximum absolute atomic E-state index is 14.2. The minimum atomic E-state index is -0.302. The second kappa shape index (κ2) is 10.2. The molecule has 1 fully saturated rings. The summed E-state index contributed by atoms with van der Waals surface area (Å²) in [6.45, 7) is 4.90. The molecule has 36 heavy (non-hydrogen) atoms. The number of hydrogen-bond acceptors (Lipinski definition) is 5. The number of hydrogen-bond donors (Lipinski definition) is 0. The summed E-state index contributed by atoms with van der Waals surface area (Å²) in [7, 11) is 1.64. The van der Waals surface area contributed by atoms with E-state index in [0.29, 0.717) is 49.0 Å². The maximum Gasteiger partial charge on any atom is 0.244 e. The van der Waals surface area contributed by atoms with E-state index in [2.05, 4.69) is 15.0 Å². The lowest BCUT2D eigenvalue weighted by Gasteiger charge is -2.35. The first-order valence-electron chi connectivity index (χ1n) is 11.8. The van der Waals surface area contributed by atoms with Gasteiger partial charge in [-0.25, -0.2) is 14.1 Å². The molecule has 0 aliphatic carbocycles. The van der Waals surface area contributed by atoms with E-state index in [1.165, 1.54) is 6.07 Å². The zero-order valence-corrected chi connectivity index (χ0v) is 21.0. The van der Waals surface area contributed by atoms with E-state index in [1.807, 2.05) is 42.2 Å². The summed E-state index contributed by atoms with van der Waals surface area (Å²) in [5.74, 6) is 0.474. The monoisotopic (exact) mass is 507 g/mol. The molecule has 2 aromatic heterocycles. The van der Waals surface area contributed by atoms with Gasteiger partial charge in [-0.1, -0.05) is 29.8 Å². The predicted octanol–water partition coefficient (Wildman–Crippen LogP) is 4.55. The second-order valence-corrected chi connectivity index (χ2v) is 9.29. The van der Waals surface area contributed by atoms with Crippen LogP contribution in [0.5, 0.6) is 5.75 Å². The zero-order chi connectivity index (χ0) is 25.2. The highest BCUT2D eigenvalue weighted by atomic mass is 35.5. The first-order valence-corrected chi connectivity index (χ1v) is 12.2. The largest absolute Gasteiger partial charge is 0.497 e. The van der Waals surface area contributed by atoms with Crippen molar-refractivity contribution in [3.05, 3.63) is 76.8 Å². The van der Waals surface area contributed by atoms with E-state index in [-0.39, 0.29) is 18.3 Å². The van der Waals surface area contributed by atoms with E-state index in [4.69, 9.17) is 16.3 Å². The Morgan fingerprint density at radius 3 is 2.53 bits per heavy atom. The number of fused-ring (bicyclic) bond motifs is 1. The molecule has 0 N–H and O–H groups in total. The van der Waals surface area contributed by atoms with Crippen molar-refractivity contribution in [1.82, 2.24) is 24.6 Å². The minimum Gasteiger partial charge on any atom is -0.497 e. The summed E-state index contributed by atoms with van der Waals surface area (Å²) in [5, 5.41) is 6.01. The molecule has 0 bridgehead atoms. The highest BCUT2D eigenvalue weighted by Gasteiger charge is 2.24. The quantitative estimate of drug-likeness (QED) is 0.383. The summed E-state index contributed by atoms with van der Waals surface area (Å²) < 4.78 is 21.1. The third-order valence-corrected chi connectivity index (χ3v) is 7.02. The van der Waals surface area contributed by atoms with Crippen molar-refractivity contribution < 1.29 is 13.9 Å². The summed E-state index contributed by atoms with van der Waals surface area (Å²) in [6, 6.07) is 14.5. The number of carbonyl (C=O) groups excluding carboxylic acids is 1. The molecule has 7 nitrogen and oxygen atoms in total. The number of methoxy groups -OCH3 is 1. The number of amides is 1. The summed E-state index contributed by atoms with van der Waals surface area (Å²) in [6.07, 6.45) is 1.75. The lowest BCUT2D eigenvalue weighted by atomic mass is 10.0. The molecule has 4 aromatic rings. The van der Waals surface area contributed by atoms with Gasteiger partial charge in [-0.2, -0.15) is 5.10 Å². The van der Waals surface area contributed by atoms with E-state index < -0.39 is 0 Å². The van der Waals surface area contributed by atoms with Crippen molar-refractivity contribution in [2.75, 3.05) is 33.3 Å². The number of ether oxygens (including phenoxy) is 1. The van der Waals surface area contributed by atoms with Gasteiger partial charge in [0.25, 0.3) is 0 Å². The predicted molar refractivity (Wildman–Crippen MR) is 138 cm³/mol. The minimum absolute atomic E-state index is 0.0142. The van der Waals surface area contributed by atoms with Crippen LogP contribution in [-0.4, -0.2) is 63.8 Å². The van der Waals surface area contributed by atoms with Gasteiger partial charge in [0.05, 0.1) is 12.8 Å². The van der Waals surface area contributed by atoms with Gasteiger partial charge in [0.2, 0.25) is 5.91 Å². The number of pyridine rings is 1. The Balaban J connectivity index is 1.28. The van der Waals surface area contributed by atoms with Gasteiger partial charge < -0.3 is 9.64 Å². The number of benzene rings is 2. The molecule has 0 unspecified atom stereocenters. The van der Waals surface area contributed by atoms with Gasteiger partial charge in [-0.15, -0.1) is 0 Å². The molecule has 2 aromatic carbocycles. The molecule has 1 amide bonds. The van der Waals surface area contributed by atoms with Crippen LogP contribution < -0.4 is 4.74 Å². The Morgan fingerprint density at radius 2 is 1.83 bits per heavy atom. The van der Waals surface area contributed by atoms with E-state index in [0.717, 1.165) is 28.0 Å². The molecule has 1 aliphatic rings. The molecule has 186 valence electrons. The van der Waals surface area contributed by atoms with Crippen LogP contribution in [-0.2, 0) is 17.9 Å². The Hall–Kier alpha value is -3.49. The number of piperazine rings is 1. The second-order valence-electron chi connectivity index (χ2n) is 8.89. The van der Waals surface area contributed by atoms with Crippen molar-refractivity contribution >= 4 is 28.5 Å². The van der Waals surface area contributed by atoms with Crippen LogP contribution in [0, 0.1) is 12.7 Å². The molecule has 1 saturated heterocycles. The summed E-state index contributed by atoms with van der Waals surface area (Å²) in [5.41, 5.74) is 4.05. The van der Waals surface area contributed by atoms with Crippen molar-refractivity contribution in [3.63, 3.8) is 0 Å². The third-order valence-electron chi connectivity index (χ3n) is 6.66. The molecular weight excluding hydrogens is 481 g/mol. The molecule has 1 aliphatic heterocycles. The fourth-order valence-corrected chi connectivity index (χ4v) is 4.92. The molecule has 9 heteroatoms. The SMILES string of the molecule is COc1ccc(-c2ccnc3c2c(C)nn3CC(=O)N2CCN(Cc3c(F)cccc3Cl)CC2)cc1. The average molecular weight is 508 g/mol. The van der Waals surface area contributed by atoms with E-state index >= 15 is 0 Å². The molecule has 3 heterocycles. The van der Waals surface area contributed by atoms with Crippen molar-refractivity contribution in [1.29, 1.82) is 0 Å². The van der Waals surface area contributed by atoms with Crippen LogP contribution in [0.25, 0.3) is 22.2 Å². The highest BCUT2D eigenvalue weighted by Crippen LogP contribution is 2.31. The van der Waals surface area contributed by atoms with Gasteiger partial charge in [-0.05, 0) is 48.4 Å². The van der Waals surface area contributed by atoms with Crippen molar-refractivity contribution in [2.45, 2.75) is 20.0 Å².